The van der Waals surface area contributed by atoms with E-state index >= 15 is 0 Å². The number of hydrogen-bond acceptors (Lipinski definition) is 2. The van der Waals surface area contributed by atoms with Crippen LogP contribution in [0.5, 0.6) is 0 Å². The van der Waals surface area contributed by atoms with Crippen LogP contribution in [0.3, 0.4) is 0 Å². The average Bonchev–Trinajstić information content (AvgIpc) is 3.02. The lowest BCUT2D eigenvalue weighted by Gasteiger charge is -2.49. The van der Waals surface area contributed by atoms with Gasteiger partial charge in [-0.25, -0.2) is 0 Å². The first kappa shape index (κ1) is 12.0. The van der Waals surface area contributed by atoms with Gasteiger partial charge in [-0.05, 0) is 51.0 Å². The van der Waals surface area contributed by atoms with Crippen molar-refractivity contribution in [1.82, 2.24) is 10.2 Å². The lowest BCUT2D eigenvalue weighted by molar-refractivity contribution is 0.0140. The zero-order chi connectivity index (χ0) is 11.8. The summed E-state index contributed by atoms with van der Waals surface area (Å²) in [5.74, 6) is 0.984. The first-order chi connectivity index (χ1) is 8.29. The van der Waals surface area contributed by atoms with E-state index in [2.05, 4.69) is 24.1 Å². The Morgan fingerprint density at radius 3 is 2.29 bits per heavy atom. The van der Waals surface area contributed by atoms with E-state index in [0.29, 0.717) is 0 Å². The molecule has 2 aliphatic heterocycles. The van der Waals surface area contributed by atoms with Crippen molar-refractivity contribution in [2.75, 3.05) is 6.54 Å². The van der Waals surface area contributed by atoms with Crippen LogP contribution in [-0.2, 0) is 0 Å². The third-order valence-electron chi connectivity index (χ3n) is 5.16. The summed E-state index contributed by atoms with van der Waals surface area (Å²) >= 11 is 0. The van der Waals surface area contributed by atoms with Crippen LogP contribution in [0.2, 0.25) is 0 Å². The maximum atomic E-state index is 3.76. The minimum Gasteiger partial charge on any atom is -0.314 e. The van der Waals surface area contributed by atoms with Gasteiger partial charge in [0.25, 0.3) is 0 Å². The van der Waals surface area contributed by atoms with Gasteiger partial charge in [0, 0.05) is 24.2 Å². The monoisotopic (exact) mass is 236 g/mol. The van der Waals surface area contributed by atoms with E-state index in [1.54, 1.807) is 0 Å². The van der Waals surface area contributed by atoms with Crippen LogP contribution in [0, 0.1) is 5.92 Å². The largest absolute Gasteiger partial charge is 0.314 e. The lowest BCUT2D eigenvalue weighted by Crippen LogP contribution is -2.57. The molecule has 4 unspecified atom stereocenters. The molecule has 2 heteroatoms. The van der Waals surface area contributed by atoms with E-state index in [4.69, 9.17) is 0 Å². The van der Waals surface area contributed by atoms with E-state index in [0.717, 1.165) is 30.1 Å². The van der Waals surface area contributed by atoms with Crippen molar-refractivity contribution in [2.45, 2.75) is 83.0 Å². The van der Waals surface area contributed by atoms with E-state index in [1.807, 2.05) is 0 Å². The Morgan fingerprint density at radius 1 is 1.12 bits per heavy atom. The zero-order valence-electron chi connectivity index (χ0n) is 11.5. The number of fused-ring (bicyclic) bond motifs is 2. The molecule has 0 aromatic carbocycles. The van der Waals surface area contributed by atoms with Gasteiger partial charge in [-0.1, -0.05) is 20.3 Å². The summed E-state index contributed by atoms with van der Waals surface area (Å²) in [6.45, 7) is 5.92. The molecule has 3 rings (SSSR count). The molecule has 1 saturated carbocycles. The molecule has 1 aliphatic carbocycles. The molecule has 0 aromatic heterocycles. The van der Waals surface area contributed by atoms with Crippen LogP contribution in [0.4, 0.5) is 0 Å². The van der Waals surface area contributed by atoms with Crippen LogP contribution in [0.25, 0.3) is 0 Å². The smallest absolute Gasteiger partial charge is 0.0130 e. The van der Waals surface area contributed by atoms with Crippen LogP contribution < -0.4 is 5.32 Å². The Kier molecular flexibility index (Phi) is 3.45. The highest BCUT2D eigenvalue weighted by molar-refractivity contribution is 5.03. The minimum atomic E-state index is 0.815. The molecule has 1 N–H and O–H groups in total. The van der Waals surface area contributed by atoms with Crippen molar-refractivity contribution in [2.24, 2.45) is 5.92 Å². The minimum absolute atomic E-state index is 0.815. The van der Waals surface area contributed by atoms with Crippen molar-refractivity contribution in [1.29, 1.82) is 0 Å². The second-order valence-corrected chi connectivity index (χ2v) is 6.59. The molecule has 3 aliphatic rings. The van der Waals surface area contributed by atoms with Gasteiger partial charge in [0.1, 0.15) is 0 Å². The molecular formula is C15H28N2. The predicted octanol–water partition coefficient (Wildman–Crippen LogP) is 2.78. The molecule has 2 nitrogen and oxygen atoms in total. The SMILES string of the molecule is CCCNC1CC2CCCC(C1)N2C1CC1C. The van der Waals surface area contributed by atoms with Gasteiger partial charge in [0.15, 0.2) is 0 Å². The fraction of sp³-hybridized carbons (Fsp3) is 1.00. The maximum absolute atomic E-state index is 3.76. The molecule has 98 valence electrons. The van der Waals surface area contributed by atoms with Gasteiger partial charge in [0.05, 0.1) is 0 Å². The fourth-order valence-electron chi connectivity index (χ4n) is 4.19. The normalized spacial score (nSPS) is 45.9. The standard InChI is InChI=1S/C15H28N2/c1-3-7-16-12-9-13-5-4-6-14(10-12)17(13)15-8-11(15)2/h11-16H,3-10H2,1-2H3. The molecule has 2 bridgehead atoms. The highest BCUT2D eigenvalue weighted by Gasteiger charge is 2.48. The van der Waals surface area contributed by atoms with Gasteiger partial charge in [-0.3, -0.25) is 4.90 Å². The Labute approximate surface area is 106 Å². The quantitative estimate of drug-likeness (QED) is 0.807. The molecule has 4 atom stereocenters. The number of nitrogens with one attached hydrogen (secondary N) is 1. The Bertz CT molecular complexity index is 252. The van der Waals surface area contributed by atoms with Crippen LogP contribution in [0.15, 0.2) is 0 Å². The summed E-state index contributed by atoms with van der Waals surface area (Å²) in [6.07, 6.45) is 9.98. The first-order valence-electron chi connectivity index (χ1n) is 7.80. The van der Waals surface area contributed by atoms with Crippen LogP contribution in [0.1, 0.15) is 58.8 Å². The molecule has 3 fully saturated rings. The van der Waals surface area contributed by atoms with Crippen LogP contribution in [-0.4, -0.2) is 35.6 Å². The Morgan fingerprint density at radius 2 is 1.76 bits per heavy atom. The van der Waals surface area contributed by atoms with Crippen molar-refractivity contribution in [3.63, 3.8) is 0 Å². The number of nitrogens with zero attached hydrogens (tertiary/aromatic N) is 1. The van der Waals surface area contributed by atoms with Gasteiger partial charge in [-0.2, -0.15) is 0 Å². The molecule has 0 aromatic rings. The molecule has 0 spiro atoms. The van der Waals surface area contributed by atoms with Gasteiger partial charge in [0.2, 0.25) is 0 Å². The van der Waals surface area contributed by atoms with E-state index in [1.165, 1.54) is 51.5 Å². The highest BCUT2D eigenvalue weighted by atomic mass is 15.3. The van der Waals surface area contributed by atoms with E-state index < -0.39 is 0 Å². The van der Waals surface area contributed by atoms with Crippen LogP contribution >= 0.6 is 0 Å². The number of piperidine rings is 2. The molecule has 2 saturated heterocycles. The van der Waals surface area contributed by atoms with Crippen molar-refractivity contribution in [3.05, 3.63) is 0 Å². The molecular weight excluding hydrogens is 208 g/mol. The molecule has 0 amide bonds. The van der Waals surface area contributed by atoms with E-state index in [-0.39, 0.29) is 0 Å². The van der Waals surface area contributed by atoms with Gasteiger partial charge >= 0.3 is 0 Å². The van der Waals surface area contributed by atoms with E-state index in [9.17, 15) is 0 Å². The molecule has 0 radical (unpaired) electrons. The summed E-state index contributed by atoms with van der Waals surface area (Å²) in [7, 11) is 0. The molecule has 17 heavy (non-hydrogen) atoms. The second-order valence-electron chi connectivity index (χ2n) is 6.59. The number of hydrogen-bond donors (Lipinski definition) is 1. The Balaban J connectivity index is 1.62. The zero-order valence-corrected chi connectivity index (χ0v) is 11.5. The van der Waals surface area contributed by atoms with Crippen molar-refractivity contribution in [3.8, 4) is 0 Å². The fourth-order valence-corrected chi connectivity index (χ4v) is 4.19. The predicted molar refractivity (Wildman–Crippen MR) is 72.2 cm³/mol. The first-order valence-corrected chi connectivity index (χ1v) is 7.80. The summed E-state index contributed by atoms with van der Waals surface area (Å²) in [5.41, 5.74) is 0. The average molecular weight is 236 g/mol. The maximum Gasteiger partial charge on any atom is 0.0130 e. The molecule has 2 heterocycles. The third kappa shape index (κ3) is 2.39. The topological polar surface area (TPSA) is 15.3 Å². The summed E-state index contributed by atoms with van der Waals surface area (Å²) in [6, 6.07) is 3.59. The van der Waals surface area contributed by atoms with Crippen molar-refractivity contribution >= 4 is 0 Å². The van der Waals surface area contributed by atoms with Gasteiger partial charge < -0.3 is 5.32 Å². The second kappa shape index (κ2) is 4.89. The van der Waals surface area contributed by atoms with Crippen molar-refractivity contribution < 1.29 is 0 Å². The lowest BCUT2D eigenvalue weighted by atomic mass is 9.81. The number of rotatable bonds is 4. The summed E-state index contributed by atoms with van der Waals surface area (Å²) < 4.78 is 0. The van der Waals surface area contributed by atoms with Gasteiger partial charge in [-0.15, -0.1) is 0 Å². The summed E-state index contributed by atoms with van der Waals surface area (Å²) in [5, 5.41) is 3.76. The summed E-state index contributed by atoms with van der Waals surface area (Å²) in [4.78, 5) is 2.93. The third-order valence-corrected chi connectivity index (χ3v) is 5.16. The highest BCUT2D eigenvalue weighted by Crippen LogP contribution is 2.45. The Hall–Kier alpha value is -0.0800.